The Morgan fingerprint density at radius 2 is 1.78 bits per heavy atom. The van der Waals surface area contributed by atoms with Gasteiger partial charge >= 0.3 is 0 Å². The van der Waals surface area contributed by atoms with Gasteiger partial charge in [0.05, 0.1) is 25.1 Å². The molecule has 0 aliphatic carbocycles. The number of aromatic nitrogens is 4. The van der Waals surface area contributed by atoms with Gasteiger partial charge in [0.25, 0.3) is 5.91 Å². The van der Waals surface area contributed by atoms with Gasteiger partial charge in [-0.1, -0.05) is 12.1 Å². The third-order valence-corrected chi connectivity index (χ3v) is 7.92. The van der Waals surface area contributed by atoms with Gasteiger partial charge in [-0.15, -0.1) is 0 Å². The molecule has 0 atom stereocenters. The number of nitrogens with one attached hydrogen (secondary N) is 1. The quantitative estimate of drug-likeness (QED) is 0.353. The monoisotopic (exact) mass is 558 g/mol. The van der Waals surface area contributed by atoms with Crippen molar-refractivity contribution in [2.24, 2.45) is 7.05 Å². The number of hydrogen-bond donors (Lipinski definition) is 1. The zero-order valence-electron chi connectivity index (χ0n) is 23.3. The van der Waals surface area contributed by atoms with E-state index in [-0.39, 0.29) is 12.6 Å². The molecule has 41 heavy (non-hydrogen) atoms. The van der Waals surface area contributed by atoms with Crippen LogP contribution in [0.1, 0.15) is 16.1 Å². The maximum absolute atomic E-state index is 13.2. The number of pyridine rings is 2. The molecule has 6 rings (SSSR count). The number of anilines is 2. The average Bonchev–Trinajstić information content (AvgIpc) is 3.37. The smallest absolute Gasteiger partial charge is 0.257 e. The van der Waals surface area contributed by atoms with Crippen molar-refractivity contribution in [1.29, 1.82) is 0 Å². The number of rotatable bonds is 8. The summed E-state index contributed by atoms with van der Waals surface area (Å²) in [6.07, 6.45) is 5.35. The average molecular weight is 559 g/mol. The van der Waals surface area contributed by atoms with Crippen LogP contribution < -0.4 is 10.2 Å². The van der Waals surface area contributed by atoms with Crippen molar-refractivity contribution < 1.29 is 13.9 Å². The number of aryl methyl sites for hydroxylation is 1. The van der Waals surface area contributed by atoms with Gasteiger partial charge in [0.1, 0.15) is 18.3 Å². The van der Waals surface area contributed by atoms with E-state index in [0.717, 1.165) is 92.4 Å². The summed E-state index contributed by atoms with van der Waals surface area (Å²) < 4.78 is 20.1. The molecule has 0 bridgehead atoms. The van der Waals surface area contributed by atoms with Crippen LogP contribution in [0.5, 0.6) is 0 Å². The number of halogens is 1. The van der Waals surface area contributed by atoms with Crippen LogP contribution in [0, 0.1) is 0 Å². The van der Waals surface area contributed by atoms with Gasteiger partial charge in [0, 0.05) is 88.3 Å². The lowest BCUT2D eigenvalue weighted by molar-refractivity contribution is 0.0332. The molecule has 214 valence electrons. The van der Waals surface area contributed by atoms with Crippen LogP contribution in [0.15, 0.2) is 55.0 Å². The number of piperazine rings is 1. The molecule has 1 aromatic carbocycles. The van der Waals surface area contributed by atoms with Crippen LogP contribution in [0.25, 0.3) is 21.9 Å². The first kappa shape index (κ1) is 27.3. The lowest BCUT2D eigenvalue weighted by Gasteiger charge is -2.35. The third-order valence-electron chi connectivity index (χ3n) is 7.92. The van der Waals surface area contributed by atoms with E-state index in [9.17, 15) is 9.18 Å². The summed E-state index contributed by atoms with van der Waals surface area (Å²) in [5.41, 5.74) is 3.84. The topological polar surface area (TPSA) is 91.6 Å². The molecule has 2 aliphatic rings. The van der Waals surface area contributed by atoms with Crippen molar-refractivity contribution in [1.82, 2.24) is 29.5 Å². The summed E-state index contributed by atoms with van der Waals surface area (Å²) in [4.78, 5) is 28.7. The number of hydrogen-bond acceptors (Lipinski definition) is 8. The fraction of sp³-hybridized carbons (Fsp3) is 0.400. The second-order valence-electron chi connectivity index (χ2n) is 10.5. The zero-order valence-corrected chi connectivity index (χ0v) is 23.3. The molecule has 2 aliphatic heterocycles. The summed E-state index contributed by atoms with van der Waals surface area (Å²) in [5.74, 6) is 0.989. The lowest BCUT2D eigenvalue weighted by atomic mass is 10.0. The molecule has 0 unspecified atom stereocenters. The molecule has 0 saturated carbocycles. The Morgan fingerprint density at radius 3 is 2.59 bits per heavy atom. The van der Waals surface area contributed by atoms with E-state index in [1.165, 1.54) is 0 Å². The Balaban J connectivity index is 1.18. The normalized spacial score (nSPS) is 16.8. The van der Waals surface area contributed by atoms with Gasteiger partial charge in [0.2, 0.25) is 0 Å². The highest BCUT2D eigenvalue weighted by atomic mass is 19.1. The Hall–Kier alpha value is -3.93. The molecule has 0 radical (unpaired) electrons. The van der Waals surface area contributed by atoms with Crippen LogP contribution in [-0.2, 0) is 18.3 Å². The molecule has 4 aromatic rings. The van der Waals surface area contributed by atoms with Crippen molar-refractivity contribution in [2.75, 3.05) is 75.9 Å². The summed E-state index contributed by atoms with van der Waals surface area (Å²) in [6.45, 7) is 7.31. The fourth-order valence-electron chi connectivity index (χ4n) is 5.48. The highest BCUT2D eigenvalue weighted by Crippen LogP contribution is 2.29. The van der Waals surface area contributed by atoms with Crippen LogP contribution in [0.4, 0.5) is 16.0 Å². The summed E-state index contributed by atoms with van der Waals surface area (Å²) in [6, 6.07) is 11.7. The number of ether oxygens (including phenoxy) is 1. The Labute approximate surface area is 238 Å². The first-order valence-electron chi connectivity index (χ1n) is 14.1. The van der Waals surface area contributed by atoms with Gasteiger partial charge in [-0.3, -0.25) is 19.3 Å². The molecular weight excluding hydrogens is 523 g/mol. The van der Waals surface area contributed by atoms with E-state index < -0.39 is 0 Å². The number of morpholine rings is 1. The van der Waals surface area contributed by atoms with Crippen molar-refractivity contribution in [3.05, 3.63) is 66.2 Å². The van der Waals surface area contributed by atoms with Gasteiger partial charge < -0.3 is 15.0 Å². The maximum atomic E-state index is 13.2. The molecule has 3 aromatic heterocycles. The van der Waals surface area contributed by atoms with E-state index in [1.807, 2.05) is 24.0 Å². The number of alkyl halides is 1. The molecule has 5 heterocycles. The molecule has 0 spiro atoms. The van der Waals surface area contributed by atoms with Crippen LogP contribution in [-0.4, -0.2) is 101 Å². The van der Waals surface area contributed by atoms with Gasteiger partial charge in [-0.2, -0.15) is 5.10 Å². The predicted octanol–water partition coefficient (Wildman–Crippen LogP) is 3.21. The second-order valence-corrected chi connectivity index (χ2v) is 10.5. The van der Waals surface area contributed by atoms with Gasteiger partial charge in [-0.05, 0) is 35.2 Å². The van der Waals surface area contributed by atoms with E-state index in [2.05, 4.69) is 53.3 Å². The lowest BCUT2D eigenvalue weighted by Crippen LogP contribution is -2.47. The van der Waals surface area contributed by atoms with E-state index >= 15 is 0 Å². The van der Waals surface area contributed by atoms with Crippen molar-refractivity contribution in [3.8, 4) is 11.1 Å². The van der Waals surface area contributed by atoms with Gasteiger partial charge in [0.15, 0.2) is 0 Å². The second kappa shape index (κ2) is 12.3. The first-order chi connectivity index (χ1) is 20.1. The van der Waals surface area contributed by atoms with Crippen LogP contribution in [0.2, 0.25) is 0 Å². The minimum Gasteiger partial charge on any atom is -0.379 e. The highest BCUT2D eigenvalue weighted by Gasteiger charge is 2.20. The summed E-state index contributed by atoms with van der Waals surface area (Å²) in [5, 5.41) is 9.47. The zero-order chi connectivity index (χ0) is 28.2. The molecule has 2 fully saturated rings. The number of benzene rings is 1. The van der Waals surface area contributed by atoms with Crippen molar-refractivity contribution >= 4 is 28.3 Å². The summed E-state index contributed by atoms with van der Waals surface area (Å²) in [7, 11) is 1.98. The Kier molecular flexibility index (Phi) is 8.17. The maximum Gasteiger partial charge on any atom is 0.257 e. The molecule has 1 N–H and O–H groups in total. The van der Waals surface area contributed by atoms with E-state index in [4.69, 9.17) is 4.74 Å². The molecular formula is C30H35FN8O2. The SMILES string of the molecule is Cn1ncc(-c2ccc3cnc(NC(=O)c4ccnc(N5CCN(CCF)CC5)c4)cc3c2)c1CN1CCOCC1. The Morgan fingerprint density at radius 1 is 0.951 bits per heavy atom. The Bertz CT molecular complexity index is 1510. The number of nitrogens with zero attached hydrogens (tertiary/aromatic N) is 7. The van der Waals surface area contributed by atoms with Crippen LogP contribution >= 0.6 is 0 Å². The van der Waals surface area contributed by atoms with E-state index in [1.54, 1.807) is 24.5 Å². The number of amides is 1. The molecule has 11 heteroatoms. The summed E-state index contributed by atoms with van der Waals surface area (Å²) >= 11 is 0. The highest BCUT2D eigenvalue weighted by molar-refractivity contribution is 6.05. The number of carbonyl (C=O) groups is 1. The first-order valence-corrected chi connectivity index (χ1v) is 14.1. The molecule has 2 saturated heterocycles. The minimum absolute atomic E-state index is 0.243. The number of fused-ring (bicyclic) bond motifs is 1. The van der Waals surface area contributed by atoms with Crippen LogP contribution in [0.3, 0.4) is 0 Å². The predicted molar refractivity (Wildman–Crippen MR) is 157 cm³/mol. The van der Waals surface area contributed by atoms with E-state index in [0.29, 0.717) is 17.9 Å². The number of carbonyl (C=O) groups excluding carboxylic acids is 1. The van der Waals surface area contributed by atoms with Crippen molar-refractivity contribution in [3.63, 3.8) is 0 Å². The van der Waals surface area contributed by atoms with Gasteiger partial charge in [-0.25, -0.2) is 14.4 Å². The standard InChI is InChI=1S/C30H35FN8O2/c1-36-27(21-38-12-14-41-15-13-38)26(20-34-36)22-2-3-24-19-33-28(17-25(24)16-22)35-30(40)23-4-6-32-29(18-23)39-10-8-37(7-5-31)9-11-39/h2-4,6,16-20H,5,7-15,21H2,1H3,(H,33,35,40). The molecule has 10 nitrogen and oxygen atoms in total. The molecule has 1 amide bonds. The fourth-order valence-corrected chi connectivity index (χ4v) is 5.48. The minimum atomic E-state index is -0.336. The third kappa shape index (κ3) is 6.22. The van der Waals surface area contributed by atoms with Crippen molar-refractivity contribution in [2.45, 2.75) is 6.54 Å². The largest absolute Gasteiger partial charge is 0.379 e.